The van der Waals surface area contributed by atoms with E-state index in [-0.39, 0.29) is 0 Å². The molecule has 0 aliphatic rings. The molecule has 0 fully saturated rings. The van der Waals surface area contributed by atoms with Gasteiger partial charge >= 0.3 is 0 Å². The molecule has 0 spiro atoms. The molecule has 0 atom stereocenters. The van der Waals surface area contributed by atoms with Crippen LogP contribution in [0.15, 0.2) is 128 Å². The highest BCUT2D eigenvalue weighted by atomic mass is 32.1. The summed E-state index contributed by atoms with van der Waals surface area (Å²) in [6.07, 6.45) is 3.74. The van der Waals surface area contributed by atoms with Crippen LogP contribution in [0.1, 0.15) is 0 Å². The Labute approximate surface area is 254 Å². The molecule has 0 radical (unpaired) electrons. The Morgan fingerprint density at radius 2 is 1.27 bits per heavy atom. The number of hydrogen-bond donors (Lipinski definition) is 0. The van der Waals surface area contributed by atoms with Gasteiger partial charge in [0, 0.05) is 60.4 Å². The summed E-state index contributed by atoms with van der Waals surface area (Å²) in [5.41, 5.74) is 5.77. The van der Waals surface area contributed by atoms with Gasteiger partial charge in [0.1, 0.15) is 5.65 Å². The van der Waals surface area contributed by atoms with Crippen LogP contribution in [0.3, 0.4) is 0 Å². The number of benzene rings is 5. The summed E-state index contributed by atoms with van der Waals surface area (Å²) >= 11 is 1.79. The van der Waals surface area contributed by atoms with Crippen LogP contribution in [0.4, 0.5) is 0 Å². The van der Waals surface area contributed by atoms with E-state index in [0.29, 0.717) is 5.95 Å². The van der Waals surface area contributed by atoms with Crippen molar-refractivity contribution in [2.45, 2.75) is 0 Å². The van der Waals surface area contributed by atoms with E-state index in [0.717, 1.165) is 75.9 Å². The zero-order valence-corrected chi connectivity index (χ0v) is 24.1. The smallest absolute Gasteiger partial charge is 0.237 e. The maximum Gasteiger partial charge on any atom is 0.237 e. The Morgan fingerprint density at radius 1 is 0.523 bits per heavy atom. The molecule has 0 saturated heterocycles. The Bertz CT molecular complexity index is 2780. The third-order valence-electron chi connectivity index (χ3n) is 8.68. The van der Waals surface area contributed by atoms with Gasteiger partial charge in [-0.1, -0.05) is 84.9 Å². The molecule has 0 bridgehead atoms. The molecular formula is C38H21N5S. The highest BCUT2D eigenvalue weighted by molar-refractivity contribution is 7.26. The average Bonchev–Trinajstić information content (AvgIpc) is 3.65. The van der Waals surface area contributed by atoms with E-state index in [2.05, 4.69) is 102 Å². The lowest BCUT2D eigenvalue weighted by atomic mass is 10.0. The zero-order chi connectivity index (χ0) is 28.8. The molecule has 5 aromatic heterocycles. The Hall–Kier alpha value is -5.72. The summed E-state index contributed by atoms with van der Waals surface area (Å²) in [6.45, 7) is 0. The molecule has 0 aliphatic heterocycles. The van der Waals surface area contributed by atoms with Gasteiger partial charge in [0.25, 0.3) is 0 Å². The SMILES string of the molecule is c1ccc(-c2nc(-n3c4ncccc4c4c5cccnc5c5sc6ccccc6c5c43)nc3c2ccc2ccccc23)cc1. The molecule has 5 aromatic carbocycles. The largest absolute Gasteiger partial charge is 0.261 e. The molecular weight excluding hydrogens is 559 g/mol. The third kappa shape index (κ3) is 3.17. The summed E-state index contributed by atoms with van der Waals surface area (Å²) in [6, 6.07) is 40.1. The lowest BCUT2D eigenvalue weighted by molar-refractivity contribution is 1.00. The van der Waals surface area contributed by atoms with Gasteiger partial charge in [-0.15, -0.1) is 11.3 Å². The number of nitrogens with zero attached hydrogens (tertiary/aromatic N) is 5. The van der Waals surface area contributed by atoms with E-state index in [4.69, 9.17) is 19.9 Å². The van der Waals surface area contributed by atoms with E-state index >= 15 is 0 Å². The van der Waals surface area contributed by atoms with Crippen molar-refractivity contribution in [3.8, 4) is 17.2 Å². The first kappa shape index (κ1) is 23.8. The van der Waals surface area contributed by atoms with E-state index in [1.165, 1.54) is 10.1 Å². The summed E-state index contributed by atoms with van der Waals surface area (Å²) in [4.78, 5) is 20.7. The first-order valence-electron chi connectivity index (χ1n) is 14.6. The Morgan fingerprint density at radius 3 is 2.18 bits per heavy atom. The minimum Gasteiger partial charge on any atom is -0.261 e. The number of pyridine rings is 2. The fraction of sp³-hybridized carbons (Fsp3) is 0. The average molecular weight is 580 g/mol. The summed E-state index contributed by atoms with van der Waals surface area (Å²) < 4.78 is 4.57. The fourth-order valence-electron chi connectivity index (χ4n) is 6.82. The van der Waals surface area contributed by atoms with E-state index in [1.54, 1.807) is 11.3 Å². The van der Waals surface area contributed by atoms with Crippen LogP contribution in [-0.4, -0.2) is 24.5 Å². The summed E-state index contributed by atoms with van der Waals surface area (Å²) in [5, 5.41) is 8.90. The molecule has 0 N–H and O–H groups in total. The molecule has 5 heterocycles. The molecule has 44 heavy (non-hydrogen) atoms. The first-order valence-corrected chi connectivity index (χ1v) is 15.4. The van der Waals surface area contributed by atoms with Gasteiger partial charge in [-0.3, -0.25) is 9.55 Å². The quantitative estimate of drug-likeness (QED) is 0.191. The molecule has 0 amide bonds. The van der Waals surface area contributed by atoms with Crippen LogP contribution in [0.5, 0.6) is 0 Å². The fourth-order valence-corrected chi connectivity index (χ4v) is 8.04. The van der Waals surface area contributed by atoms with Gasteiger partial charge in [0.15, 0.2) is 0 Å². The van der Waals surface area contributed by atoms with Gasteiger partial charge in [-0.05, 0) is 35.7 Å². The molecule has 10 rings (SSSR count). The second kappa shape index (κ2) is 8.89. The van der Waals surface area contributed by atoms with Crippen LogP contribution >= 0.6 is 11.3 Å². The van der Waals surface area contributed by atoms with E-state index in [1.807, 2.05) is 30.6 Å². The Balaban J connectivity index is 1.48. The van der Waals surface area contributed by atoms with Crippen molar-refractivity contribution in [2.75, 3.05) is 0 Å². The maximum absolute atomic E-state index is 5.38. The molecule has 0 unspecified atom stereocenters. The zero-order valence-electron chi connectivity index (χ0n) is 23.3. The van der Waals surface area contributed by atoms with Crippen molar-refractivity contribution in [3.63, 3.8) is 0 Å². The topological polar surface area (TPSA) is 56.5 Å². The summed E-state index contributed by atoms with van der Waals surface area (Å²) in [7, 11) is 0. The number of rotatable bonds is 2. The molecule has 10 aromatic rings. The molecule has 6 heteroatoms. The van der Waals surface area contributed by atoms with E-state index < -0.39 is 0 Å². The molecule has 0 saturated carbocycles. The van der Waals surface area contributed by atoms with Crippen molar-refractivity contribution < 1.29 is 0 Å². The Kier molecular flexibility index (Phi) is 4.81. The van der Waals surface area contributed by atoms with Gasteiger partial charge in [-0.25, -0.2) is 15.0 Å². The van der Waals surface area contributed by atoms with Crippen molar-refractivity contribution in [1.82, 2.24) is 24.5 Å². The van der Waals surface area contributed by atoms with Crippen molar-refractivity contribution in [3.05, 3.63) is 128 Å². The normalized spacial score (nSPS) is 12.1. The van der Waals surface area contributed by atoms with Gasteiger partial charge in [0.05, 0.1) is 26.9 Å². The maximum atomic E-state index is 5.38. The standard InChI is InChI=1S/C38H21N5S/c1-2-11-23(12-3-1)32-28-19-18-22-10-4-5-13-24(22)33(28)42-38(41-32)43-35-30(27-16-9-21-40-37(27)43)26-15-8-20-39-34(26)36-31(35)25-14-6-7-17-29(25)44-36/h1-21H. The van der Waals surface area contributed by atoms with Gasteiger partial charge in [0.2, 0.25) is 5.95 Å². The second-order valence-corrected chi connectivity index (χ2v) is 12.1. The third-order valence-corrected chi connectivity index (χ3v) is 9.86. The monoisotopic (exact) mass is 579 g/mol. The second-order valence-electron chi connectivity index (χ2n) is 11.1. The van der Waals surface area contributed by atoms with Crippen LogP contribution < -0.4 is 0 Å². The van der Waals surface area contributed by atoms with Crippen LogP contribution in [0.2, 0.25) is 0 Å². The van der Waals surface area contributed by atoms with Crippen LogP contribution in [-0.2, 0) is 0 Å². The van der Waals surface area contributed by atoms with Crippen LogP contribution in [0.25, 0.3) is 91.9 Å². The summed E-state index contributed by atoms with van der Waals surface area (Å²) in [5.74, 6) is 0.603. The van der Waals surface area contributed by atoms with Crippen molar-refractivity contribution in [1.29, 1.82) is 0 Å². The predicted molar refractivity (Wildman–Crippen MR) is 183 cm³/mol. The molecule has 204 valence electrons. The number of aromatic nitrogens is 5. The molecule has 0 aliphatic carbocycles. The van der Waals surface area contributed by atoms with Crippen molar-refractivity contribution >= 4 is 86.0 Å². The van der Waals surface area contributed by atoms with E-state index in [9.17, 15) is 0 Å². The first-order chi connectivity index (χ1) is 21.8. The lowest BCUT2D eigenvalue weighted by Gasteiger charge is -2.13. The predicted octanol–water partition coefficient (Wildman–Crippen LogP) is 9.86. The number of hydrogen-bond acceptors (Lipinski definition) is 5. The minimum atomic E-state index is 0.603. The van der Waals surface area contributed by atoms with Gasteiger partial charge in [-0.2, -0.15) is 0 Å². The van der Waals surface area contributed by atoms with Gasteiger partial charge < -0.3 is 0 Å². The van der Waals surface area contributed by atoms with Crippen molar-refractivity contribution in [2.24, 2.45) is 0 Å². The number of fused-ring (bicyclic) bond motifs is 13. The lowest BCUT2D eigenvalue weighted by Crippen LogP contribution is -2.04. The highest BCUT2D eigenvalue weighted by Gasteiger charge is 2.25. The highest BCUT2D eigenvalue weighted by Crippen LogP contribution is 2.47. The minimum absolute atomic E-state index is 0.603. The number of thiophene rings is 1. The molecule has 5 nitrogen and oxygen atoms in total. The van der Waals surface area contributed by atoms with Crippen LogP contribution in [0, 0.1) is 0 Å².